The molecule has 7 heteroatoms. The quantitative estimate of drug-likeness (QED) is 0.548. The second-order valence-corrected chi connectivity index (χ2v) is 7.76. The summed E-state index contributed by atoms with van der Waals surface area (Å²) in [5.41, 5.74) is 1.88. The molecule has 2 aromatic carbocycles. The summed E-state index contributed by atoms with van der Waals surface area (Å²) in [4.78, 5) is 13.7. The van der Waals surface area contributed by atoms with Gasteiger partial charge in [0.15, 0.2) is 23.5 Å². The maximum absolute atomic E-state index is 13.9. The van der Waals surface area contributed by atoms with Gasteiger partial charge in [-0.25, -0.2) is 13.2 Å². The van der Waals surface area contributed by atoms with Crippen molar-refractivity contribution in [2.75, 3.05) is 5.32 Å². The third kappa shape index (κ3) is 4.86. The van der Waals surface area contributed by atoms with E-state index in [1.54, 1.807) is 18.3 Å². The molecule has 152 valence electrons. The van der Waals surface area contributed by atoms with Crippen LogP contribution in [-0.2, 0) is 11.2 Å². The lowest BCUT2D eigenvalue weighted by Crippen LogP contribution is -2.92. The van der Waals surface area contributed by atoms with Crippen molar-refractivity contribution in [3.05, 3.63) is 87.4 Å². The number of carbonyl (C=O) groups excluding carboxylic acids is 1. The molecule has 0 spiro atoms. The van der Waals surface area contributed by atoms with Crippen LogP contribution in [-0.4, -0.2) is 11.9 Å². The Morgan fingerprint density at radius 3 is 2.41 bits per heavy atom. The minimum absolute atomic E-state index is 0.114. The molecular formula is C22H22F3N2OS+. The molecule has 0 aliphatic heterocycles. The first kappa shape index (κ1) is 21.1. The number of anilines is 1. The average molecular weight is 419 g/mol. The van der Waals surface area contributed by atoms with Crippen LogP contribution in [0.1, 0.15) is 35.9 Å². The standard InChI is InChI=1S/C22H21F3N2OS/c1-3-14-6-8-15(9-7-14)21(18-5-4-12-29-18)26-13(2)22(28)27-17-11-10-16(23)19(24)20(17)25/h4-13,21,26H,3H2,1-2H3,(H,27,28)/p+1/t13-,21-/m1/s1. The van der Waals surface area contributed by atoms with Crippen LogP contribution in [0.4, 0.5) is 18.9 Å². The number of hydrogen-bond donors (Lipinski definition) is 2. The molecule has 3 nitrogen and oxygen atoms in total. The number of benzene rings is 2. The molecule has 3 N–H and O–H groups in total. The number of hydrogen-bond acceptors (Lipinski definition) is 2. The van der Waals surface area contributed by atoms with Crippen molar-refractivity contribution in [3.63, 3.8) is 0 Å². The molecule has 1 heterocycles. The summed E-state index contributed by atoms with van der Waals surface area (Å²) >= 11 is 1.59. The van der Waals surface area contributed by atoms with Crippen molar-refractivity contribution in [1.82, 2.24) is 0 Å². The van der Waals surface area contributed by atoms with Crippen LogP contribution >= 0.6 is 11.3 Å². The molecule has 3 rings (SSSR count). The summed E-state index contributed by atoms with van der Waals surface area (Å²) in [5, 5.41) is 6.20. The summed E-state index contributed by atoms with van der Waals surface area (Å²) < 4.78 is 40.4. The van der Waals surface area contributed by atoms with Crippen molar-refractivity contribution in [2.24, 2.45) is 0 Å². The van der Waals surface area contributed by atoms with Crippen LogP contribution in [0.15, 0.2) is 53.9 Å². The molecule has 0 saturated heterocycles. The Morgan fingerprint density at radius 2 is 1.79 bits per heavy atom. The number of rotatable bonds is 7. The summed E-state index contributed by atoms with van der Waals surface area (Å²) in [6, 6.07) is 13.2. The van der Waals surface area contributed by atoms with E-state index in [9.17, 15) is 18.0 Å². The minimum atomic E-state index is -1.60. The van der Waals surface area contributed by atoms with E-state index in [-0.39, 0.29) is 11.7 Å². The summed E-state index contributed by atoms with van der Waals surface area (Å²) in [7, 11) is 0. The second-order valence-electron chi connectivity index (χ2n) is 6.78. The molecule has 2 atom stereocenters. The Kier molecular flexibility index (Phi) is 6.71. The smallest absolute Gasteiger partial charge is 0.282 e. The van der Waals surface area contributed by atoms with Crippen molar-refractivity contribution < 1.29 is 23.3 Å². The van der Waals surface area contributed by atoms with Gasteiger partial charge in [-0.2, -0.15) is 0 Å². The third-order valence-electron chi connectivity index (χ3n) is 4.78. The van der Waals surface area contributed by atoms with Gasteiger partial charge in [-0.15, -0.1) is 11.3 Å². The number of nitrogens with two attached hydrogens (primary N) is 1. The van der Waals surface area contributed by atoms with Gasteiger partial charge in [-0.3, -0.25) is 4.79 Å². The number of halogens is 3. The molecule has 1 aromatic heterocycles. The van der Waals surface area contributed by atoms with E-state index in [4.69, 9.17) is 0 Å². The predicted molar refractivity (Wildman–Crippen MR) is 108 cm³/mol. The molecule has 3 aromatic rings. The highest BCUT2D eigenvalue weighted by atomic mass is 32.1. The summed E-state index contributed by atoms with van der Waals surface area (Å²) in [6.45, 7) is 3.77. The Balaban J connectivity index is 1.78. The van der Waals surface area contributed by atoms with Gasteiger partial charge in [-0.1, -0.05) is 37.3 Å². The van der Waals surface area contributed by atoms with Gasteiger partial charge in [0.05, 0.1) is 10.6 Å². The second kappa shape index (κ2) is 9.24. The normalized spacial score (nSPS) is 13.1. The van der Waals surface area contributed by atoms with E-state index in [1.807, 2.05) is 35.0 Å². The predicted octanol–water partition coefficient (Wildman–Crippen LogP) is 4.41. The van der Waals surface area contributed by atoms with Crippen molar-refractivity contribution in [3.8, 4) is 0 Å². The molecule has 0 aliphatic rings. The van der Waals surface area contributed by atoms with Gasteiger partial charge in [0, 0.05) is 5.56 Å². The topological polar surface area (TPSA) is 45.7 Å². The zero-order valence-corrected chi connectivity index (χ0v) is 16.9. The fourth-order valence-corrected chi connectivity index (χ4v) is 3.88. The largest absolute Gasteiger partial charge is 0.326 e. The van der Waals surface area contributed by atoms with E-state index in [1.165, 1.54) is 5.56 Å². The molecular weight excluding hydrogens is 397 g/mol. The number of quaternary nitrogens is 1. The zero-order chi connectivity index (χ0) is 21.0. The van der Waals surface area contributed by atoms with Gasteiger partial charge in [-0.05, 0) is 42.5 Å². The maximum atomic E-state index is 13.9. The van der Waals surface area contributed by atoms with Crippen molar-refractivity contribution in [1.29, 1.82) is 0 Å². The highest BCUT2D eigenvalue weighted by molar-refractivity contribution is 7.10. The van der Waals surface area contributed by atoms with E-state index in [0.29, 0.717) is 0 Å². The van der Waals surface area contributed by atoms with Crippen molar-refractivity contribution >= 4 is 22.9 Å². The summed E-state index contributed by atoms with van der Waals surface area (Å²) in [6.07, 6.45) is 0.937. The van der Waals surface area contributed by atoms with Gasteiger partial charge in [0.25, 0.3) is 5.91 Å². The van der Waals surface area contributed by atoms with Gasteiger partial charge in [0.2, 0.25) is 0 Å². The van der Waals surface area contributed by atoms with E-state index < -0.39 is 29.4 Å². The minimum Gasteiger partial charge on any atom is -0.326 e. The highest BCUT2D eigenvalue weighted by Crippen LogP contribution is 2.24. The molecule has 29 heavy (non-hydrogen) atoms. The lowest BCUT2D eigenvalue weighted by molar-refractivity contribution is -0.703. The Hall–Kier alpha value is -2.64. The van der Waals surface area contributed by atoms with Crippen LogP contribution in [0, 0.1) is 17.5 Å². The first-order valence-electron chi connectivity index (χ1n) is 9.32. The first-order valence-corrected chi connectivity index (χ1v) is 10.2. The molecule has 0 aliphatic carbocycles. The number of carbonyl (C=O) groups is 1. The Bertz CT molecular complexity index is 974. The molecule has 0 fully saturated rings. The highest BCUT2D eigenvalue weighted by Gasteiger charge is 2.26. The van der Waals surface area contributed by atoms with Crippen LogP contribution in [0.25, 0.3) is 0 Å². The number of nitrogens with one attached hydrogen (secondary N) is 1. The maximum Gasteiger partial charge on any atom is 0.282 e. The van der Waals surface area contributed by atoms with Crippen LogP contribution in [0.2, 0.25) is 0 Å². The first-order chi connectivity index (χ1) is 13.9. The monoisotopic (exact) mass is 419 g/mol. The fourth-order valence-electron chi connectivity index (χ4n) is 3.04. The fraction of sp³-hybridized carbons (Fsp3) is 0.227. The molecule has 0 unspecified atom stereocenters. The zero-order valence-electron chi connectivity index (χ0n) is 16.1. The third-order valence-corrected chi connectivity index (χ3v) is 5.74. The number of thiophene rings is 1. The lowest BCUT2D eigenvalue weighted by Gasteiger charge is -2.20. The van der Waals surface area contributed by atoms with E-state index in [2.05, 4.69) is 24.4 Å². The van der Waals surface area contributed by atoms with E-state index in [0.717, 1.165) is 29.0 Å². The average Bonchev–Trinajstić information content (AvgIpc) is 3.27. The molecule has 0 bridgehead atoms. The van der Waals surface area contributed by atoms with Gasteiger partial charge in [0.1, 0.15) is 6.04 Å². The molecule has 0 radical (unpaired) electrons. The number of aryl methyl sites for hydroxylation is 1. The van der Waals surface area contributed by atoms with E-state index >= 15 is 0 Å². The SMILES string of the molecule is CCc1ccc([C@@H]([NH2+][C@H](C)C(=O)Nc2ccc(F)c(F)c2F)c2cccs2)cc1. The van der Waals surface area contributed by atoms with Crippen LogP contribution in [0.3, 0.4) is 0 Å². The Morgan fingerprint density at radius 1 is 1.07 bits per heavy atom. The summed E-state index contributed by atoms with van der Waals surface area (Å²) in [5.74, 6) is -4.81. The van der Waals surface area contributed by atoms with Gasteiger partial charge < -0.3 is 10.6 Å². The number of amides is 1. The molecule has 0 saturated carbocycles. The van der Waals surface area contributed by atoms with Crippen molar-refractivity contribution in [2.45, 2.75) is 32.4 Å². The Labute approximate surface area is 171 Å². The van der Waals surface area contributed by atoms with Crippen LogP contribution in [0.5, 0.6) is 0 Å². The van der Waals surface area contributed by atoms with Gasteiger partial charge >= 0.3 is 0 Å². The lowest BCUT2D eigenvalue weighted by atomic mass is 10.0. The molecule has 1 amide bonds. The van der Waals surface area contributed by atoms with Crippen LogP contribution < -0.4 is 10.6 Å².